The molecule has 10 heteroatoms. The van der Waals surface area contributed by atoms with E-state index in [4.69, 9.17) is 4.74 Å². The Balaban J connectivity index is 1.93. The number of nitrogens with one attached hydrogen (secondary N) is 1. The first-order valence-corrected chi connectivity index (χ1v) is 12.4. The van der Waals surface area contributed by atoms with Crippen LogP contribution in [0, 0.1) is 12.7 Å². The van der Waals surface area contributed by atoms with Gasteiger partial charge in [-0.1, -0.05) is 13.8 Å². The predicted octanol–water partition coefficient (Wildman–Crippen LogP) is 3.69. The predicted molar refractivity (Wildman–Crippen MR) is 125 cm³/mol. The van der Waals surface area contributed by atoms with Crippen LogP contribution < -0.4 is 9.46 Å². The minimum absolute atomic E-state index is 0.0918. The second-order valence-electron chi connectivity index (χ2n) is 9.39. The monoisotopic (exact) mass is 486 g/mol. The number of aromatic nitrogens is 3. The summed E-state index contributed by atoms with van der Waals surface area (Å²) >= 11 is 0. The largest absolute Gasteiger partial charge is 0.475 e. The number of ether oxygens (including phenoxy) is 1. The number of pyridine rings is 1. The van der Waals surface area contributed by atoms with Gasteiger partial charge in [-0.15, -0.1) is 0 Å². The Labute approximate surface area is 198 Å². The van der Waals surface area contributed by atoms with Crippen LogP contribution in [0.3, 0.4) is 0 Å². The lowest BCUT2D eigenvalue weighted by atomic mass is 9.88. The Kier molecular flexibility index (Phi) is 5.97. The van der Waals surface area contributed by atoms with Crippen LogP contribution in [0.15, 0.2) is 41.6 Å². The van der Waals surface area contributed by atoms with Crippen molar-refractivity contribution in [2.45, 2.75) is 57.4 Å². The molecule has 0 radical (unpaired) electrons. The molecule has 180 valence electrons. The van der Waals surface area contributed by atoms with Gasteiger partial charge in [0.05, 0.1) is 17.7 Å². The van der Waals surface area contributed by atoms with Crippen molar-refractivity contribution in [1.29, 1.82) is 0 Å². The normalized spacial score (nSPS) is 17.2. The number of rotatable bonds is 1. The Morgan fingerprint density at radius 2 is 1.97 bits per heavy atom. The maximum Gasteiger partial charge on any atom is 0.267 e. The van der Waals surface area contributed by atoms with Crippen LogP contribution in [0.5, 0.6) is 5.88 Å². The molecular weight excluding hydrogens is 459 g/mol. The molecule has 0 saturated heterocycles. The highest BCUT2D eigenvalue weighted by Crippen LogP contribution is 2.34. The zero-order valence-electron chi connectivity index (χ0n) is 19.7. The van der Waals surface area contributed by atoms with Crippen LogP contribution in [0.25, 0.3) is 11.1 Å². The van der Waals surface area contributed by atoms with Gasteiger partial charge in [0.15, 0.2) is 0 Å². The summed E-state index contributed by atoms with van der Waals surface area (Å²) in [5.74, 6) is -0.949. The van der Waals surface area contributed by atoms with Crippen LogP contribution >= 0.6 is 0 Å². The number of carbonyl (C=O) groups is 1. The summed E-state index contributed by atoms with van der Waals surface area (Å²) in [6.45, 7) is 9.17. The summed E-state index contributed by atoms with van der Waals surface area (Å²) in [6.07, 6.45) is 2.69. The summed E-state index contributed by atoms with van der Waals surface area (Å²) in [7, 11) is -4.18. The number of carbonyl (C=O) groups excluding carboxylic acids is 1. The number of sulfonamides is 1. The average molecular weight is 487 g/mol. The van der Waals surface area contributed by atoms with Crippen molar-refractivity contribution in [3.05, 3.63) is 59.3 Å². The van der Waals surface area contributed by atoms with Gasteiger partial charge in [-0.2, -0.15) is 5.10 Å². The molecule has 34 heavy (non-hydrogen) atoms. The molecule has 0 saturated carbocycles. The van der Waals surface area contributed by atoms with E-state index in [0.29, 0.717) is 28.1 Å². The van der Waals surface area contributed by atoms with Crippen molar-refractivity contribution >= 4 is 15.9 Å². The van der Waals surface area contributed by atoms with Crippen LogP contribution in [-0.4, -0.2) is 35.7 Å². The van der Waals surface area contributed by atoms with E-state index >= 15 is 0 Å². The highest BCUT2D eigenvalue weighted by molar-refractivity contribution is 7.90. The molecular formula is C24H27FN4O4S. The molecule has 1 aromatic carbocycles. The van der Waals surface area contributed by atoms with Gasteiger partial charge < -0.3 is 4.74 Å². The topological polar surface area (TPSA) is 103 Å². The third kappa shape index (κ3) is 4.54. The molecule has 2 aromatic heterocycles. The van der Waals surface area contributed by atoms with E-state index in [1.165, 1.54) is 23.0 Å². The molecule has 1 N–H and O–H groups in total. The first-order chi connectivity index (χ1) is 15.9. The minimum Gasteiger partial charge on any atom is -0.475 e. The van der Waals surface area contributed by atoms with Crippen LogP contribution in [-0.2, 0) is 26.8 Å². The summed E-state index contributed by atoms with van der Waals surface area (Å²) < 4.78 is 50.3. The van der Waals surface area contributed by atoms with Crippen molar-refractivity contribution in [3.63, 3.8) is 0 Å². The summed E-state index contributed by atoms with van der Waals surface area (Å²) in [5.41, 5.74) is 1.79. The lowest BCUT2D eigenvalue weighted by Gasteiger charge is -2.25. The van der Waals surface area contributed by atoms with Gasteiger partial charge in [0.1, 0.15) is 17.3 Å². The van der Waals surface area contributed by atoms with Crippen molar-refractivity contribution in [3.8, 4) is 17.0 Å². The van der Waals surface area contributed by atoms with Crippen molar-refractivity contribution < 1.29 is 22.3 Å². The van der Waals surface area contributed by atoms with Crippen molar-refractivity contribution in [2.24, 2.45) is 0 Å². The van der Waals surface area contributed by atoms with Gasteiger partial charge in [-0.05, 0) is 67.1 Å². The summed E-state index contributed by atoms with van der Waals surface area (Å²) in [4.78, 5) is 17.2. The first kappa shape index (κ1) is 23.9. The number of halogens is 1. The van der Waals surface area contributed by atoms with E-state index < -0.39 is 27.3 Å². The van der Waals surface area contributed by atoms with Crippen molar-refractivity contribution in [2.75, 3.05) is 6.61 Å². The van der Waals surface area contributed by atoms with Gasteiger partial charge in [-0.25, -0.2) is 22.5 Å². The number of nitrogens with zero attached hydrogens (tertiary/aromatic N) is 3. The lowest BCUT2D eigenvalue weighted by molar-refractivity contribution is -0.118. The fourth-order valence-electron chi connectivity index (χ4n) is 4.02. The molecule has 1 aliphatic heterocycles. The van der Waals surface area contributed by atoms with Gasteiger partial charge in [0, 0.05) is 18.5 Å². The van der Waals surface area contributed by atoms with E-state index in [2.05, 4.69) is 14.8 Å². The summed E-state index contributed by atoms with van der Waals surface area (Å²) in [5, 5.41) is 4.35. The van der Waals surface area contributed by atoms with E-state index in [9.17, 15) is 17.6 Å². The van der Waals surface area contributed by atoms with Gasteiger partial charge in [-0.3, -0.25) is 9.48 Å². The zero-order valence-corrected chi connectivity index (χ0v) is 20.5. The maximum atomic E-state index is 14.6. The Hall–Kier alpha value is -3.27. The molecule has 3 heterocycles. The lowest BCUT2D eigenvalue weighted by Crippen LogP contribution is -2.34. The zero-order chi connectivity index (χ0) is 24.8. The molecule has 0 aliphatic carbocycles. The number of aryl methyl sites for hydroxylation is 1. The highest BCUT2D eigenvalue weighted by Gasteiger charge is 2.30. The molecule has 3 aromatic rings. The molecule has 0 atom stereocenters. The number of amides is 1. The third-order valence-corrected chi connectivity index (χ3v) is 7.32. The second-order valence-corrected chi connectivity index (χ2v) is 11.0. The highest BCUT2D eigenvalue weighted by atomic mass is 32.2. The quantitative estimate of drug-likeness (QED) is 0.563. The molecule has 4 rings (SSSR count). The number of hydrogen-bond acceptors (Lipinski definition) is 6. The molecule has 1 aliphatic rings. The number of fused-ring (bicyclic) bond motifs is 6. The summed E-state index contributed by atoms with van der Waals surface area (Å²) in [6, 6.07) is 6.12. The van der Waals surface area contributed by atoms with E-state index in [1.807, 2.05) is 27.7 Å². The minimum atomic E-state index is -4.18. The molecule has 0 unspecified atom stereocenters. The molecule has 0 fully saturated rings. The van der Waals surface area contributed by atoms with E-state index in [1.54, 1.807) is 25.3 Å². The Morgan fingerprint density at radius 3 is 2.68 bits per heavy atom. The second kappa shape index (κ2) is 8.50. The van der Waals surface area contributed by atoms with Crippen LogP contribution in [0.4, 0.5) is 4.39 Å². The third-order valence-electron chi connectivity index (χ3n) is 5.84. The number of benzene rings is 1. The van der Waals surface area contributed by atoms with Crippen LogP contribution in [0.2, 0.25) is 0 Å². The Bertz CT molecular complexity index is 1380. The number of hydrogen-bond donors (Lipinski definition) is 1. The molecule has 0 spiro atoms. The molecule has 8 nitrogen and oxygen atoms in total. The van der Waals surface area contributed by atoms with E-state index in [-0.39, 0.29) is 29.5 Å². The SMILES string of the molecule is Cc1nn2cc1S(=O)(=O)NC(=O)Cc1c(cc(F)cc1C(C)C)-c1ccnc(c1)OCC2(C)C. The van der Waals surface area contributed by atoms with E-state index in [0.717, 1.165) is 0 Å². The smallest absolute Gasteiger partial charge is 0.267 e. The molecule has 4 bridgehead atoms. The fraction of sp³-hybridized carbons (Fsp3) is 0.375. The first-order valence-electron chi connectivity index (χ1n) is 10.9. The fourth-order valence-corrected chi connectivity index (χ4v) is 5.17. The van der Waals surface area contributed by atoms with Gasteiger partial charge >= 0.3 is 0 Å². The standard InChI is InChI=1S/C24H27FN4O4S/c1-14(2)18-9-17(25)10-19-16-6-7-26-23(8-16)33-13-24(4,5)29-12-21(15(3)27-29)34(31,32)28-22(30)11-20(18)19/h6-10,12,14H,11,13H2,1-5H3,(H,28,30). The van der Waals surface area contributed by atoms with Crippen molar-refractivity contribution in [1.82, 2.24) is 19.5 Å². The molecule has 1 amide bonds. The average Bonchev–Trinajstić information content (AvgIpc) is 3.16. The van der Waals surface area contributed by atoms with Crippen LogP contribution in [0.1, 0.15) is 50.4 Å². The maximum absolute atomic E-state index is 14.6. The Morgan fingerprint density at radius 1 is 1.24 bits per heavy atom. The van der Waals surface area contributed by atoms with Gasteiger partial charge in [0.25, 0.3) is 10.0 Å². The van der Waals surface area contributed by atoms with Gasteiger partial charge in [0.2, 0.25) is 11.8 Å².